The van der Waals surface area contributed by atoms with E-state index in [1.165, 1.54) is 38.5 Å². The standard InChI is InChI=1S/C33H42N4O4/c34-32(40)27-7-5-23(6-8-27)22-41-29-4-2-1-3-28(29)21-36-9-11-37(12-10-36)31(39)20-35-30(38)19-33-16-24-13-25(17-33)15-26(14-24)18-33/h1-8,24-26H,9-22H2,(H2,34,40)(H,35,38). The van der Waals surface area contributed by atoms with Crippen molar-refractivity contribution < 1.29 is 19.1 Å². The summed E-state index contributed by atoms with van der Waals surface area (Å²) in [5, 5.41) is 2.97. The molecule has 5 fully saturated rings. The second-order valence-corrected chi connectivity index (χ2v) is 13.0. The normalized spacial score (nSPS) is 27.0. The van der Waals surface area contributed by atoms with Crippen LogP contribution in [0.5, 0.6) is 5.75 Å². The van der Waals surface area contributed by atoms with Crippen molar-refractivity contribution >= 4 is 17.7 Å². The molecule has 2 aromatic carbocycles. The van der Waals surface area contributed by atoms with Crippen molar-refractivity contribution in [2.75, 3.05) is 32.7 Å². The topological polar surface area (TPSA) is 105 Å². The summed E-state index contributed by atoms with van der Waals surface area (Å²) in [6.45, 7) is 4.08. The molecule has 41 heavy (non-hydrogen) atoms. The summed E-state index contributed by atoms with van der Waals surface area (Å²) in [6, 6.07) is 15.1. The highest BCUT2D eigenvalue weighted by Crippen LogP contribution is 2.61. The molecule has 0 spiro atoms. The molecule has 3 N–H and O–H groups in total. The van der Waals surface area contributed by atoms with E-state index in [-0.39, 0.29) is 23.8 Å². The predicted octanol–water partition coefficient (Wildman–Crippen LogP) is 3.73. The first-order chi connectivity index (χ1) is 19.8. The fourth-order valence-corrected chi connectivity index (χ4v) is 8.29. The van der Waals surface area contributed by atoms with Gasteiger partial charge >= 0.3 is 0 Å². The van der Waals surface area contributed by atoms with Crippen molar-refractivity contribution in [3.63, 3.8) is 0 Å². The second kappa shape index (κ2) is 11.8. The van der Waals surface area contributed by atoms with Crippen LogP contribution in [0.1, 0.15) is 66.4 Å². The number of amides is 3. The lowest BCUT2D eigenvalue weighted by atomic mass is 9.49. The third-order valence-electron chi connectivity index (χ3n) is 9.86. The van der Waals surface area contributed by atoms with E-state index in [1.807, 2.05) is 35.2 Å². The van der Waals surface area contributed by atoms with Crippen LogP contribution >= 0.6 is 0 Å². The van der Waals surface area contributed by atoms with Crippen LogP contribution < -0.4 is 15.8 Å². The Labute approximate surface area is 242 Å². The molecule has 4 saturated carbocycles. The molecule has 1 heterocycles. The van der Waals surface area contributed by atoms with Gasteiger partial charge in [-0.2, -0.15) is 0 Å². The van der Waals surface area contributed by atoms with Crippen LogP contribution in [-0.2, 0) is 22.7 Å². The number of ether oxygens (including phenoxy) is 1. The number of rotatable bonds is 10. The van der Waals surface area contributed by atoms with Gasteiger partial charge in [0.15, 0.2) is 0 Å². The fourth-order valence-electron chi connectivity index (χ4n) is 8.29. The number of benzene rings is 2. The highest BCUT2D eigenvalue weighted by atomic mass is 16.5. The van der Waals surface area contributed by atoms with Crippen molar-refractivity contribution in [1.82, 2.24) is 15.1 Å². The third kappa shape index (κ3) is 6.58. The average molecular weight is 559 g/mol. The van der Waals surface area contributed by atoms with Gasteiger partial charge in [-0.05, 0) is 85.5 Å². The van der Waals surface area contributed by atoms with E-state index < -0.39 is 5.91 Å². The van der Waals surface area contributed by atoms with Gasteiger partial charge in [0.25, 0.3) is 0 Å². The van der Waals surface area contributed by atoms with Gasteiger partial charge in [-0.3, -0.25) is 19.3 Å². The zero-order chi connectivity index (χ0) is 28.4. The molecule has 8 nitrogen and oxygen atoms in total. The molecular weight excluding hydrogens is 516 g/mol. The Balaban J connectivity index is 0.939. The molecule has 0 unspecified atom stereocenters. The molecule has 1 aliphatic heterocycles. The Morgan fingerprint density at radius 3 is 2.15 bits per heavy atom. The van der Waals surface area contributed by atoms with Gasteiger partial charge in [-0.25, -0.2) is 0 Å². The van der Waals surface area contributed by atoms with E-state index in [0.29, 0.717) is 31.7 Å². The lowest BCUT2D eigenvalue weighted by molar-refractivity contribution is -0.136. The average Bonchev–Trinajstić information content (AvgIpc) is 2.95. The largest absolute Gasteiger partial charge is 0.489 e. The van der Waals surface area contributed by atoms with Crippen LogP contribution in [0.25, 0.3) is 0 Å². The minimum Gasteiger partial charge on any atom is -0.489 e. The summed E-state index contributed by atoms with van der Waals surface area (Å²) in [6.07, 6.45) is 8.34. The fraction of sp³-hybridized carbons (Fsp3) is 0.545. The molecular formula is C33H42N4O4. The van der Waals surface area contributed by atoms with Gasteiger partial charge in [0.1, 0.15) is 12.4 Å². The number of carbonyl (C=O) groups is 3. The first-order valence-corrected chi connectivity index (χ1v) is 15.2. The maximum atomic E-state index is 12.9. The van der Waals surface area contributed by atoms with Gasteiger partial charge < -0.3 is 20.7 Å². The Bertz CT molecular complexity index is 1230. The van der Waals surface area contributed by atoms with Gasteiger partial charge in [-0.1, -0.05) is 30.3 Å². The predicted molar refractivity (Wildman–Crippen MR) is 156 cm³/mol. The highest BCUT2D eigenvalue weighted by Gasteiger charge is 2.51. The monoisotopic (exact) mass is 558 g/mol. The zero-order valence-electron chi connectivity index (χ0n) is 23.9. The minimum atomic E-state index is -0.443. The molecule has 8 heteroatoms. The number of carbonyl (C=O) groups excluding carboxylic acids is 3. The van der Waals surface area contributed by atoms with Gasteiger partial charge in [0.05, 0.1) is 6.54 Å². The number of nitrogens with zero attached hydrogens (tertiary/aromatic N) is 2. The molecule has 218 valence electrons. The number of primary amides is 1. The SMILES string of the molecule is NC(=O)c1ccc(COc2ccccc2CN2CCN(C(=O)CNC(=O)CC34CC5CC(CC(C5)C3)C4)CC2)cc1. The first-order valence-electron chi connectivity index (χ1n) is 15.2. The van der Waals surface area contributed by atoms with Crippen LogP contribution in [0.2, 0.25) is 0 Å². The molecule has 2 aromatic rings. The molecule has 3 amide bonds. The molecule has 1 saturated heterocycles. The van der Waals surface area contributed by atoms with Gasteiger partial charge in [-0.15, -0.1) is 0 Å². The maximum Gasteiger partial charge on any atom is 0.248 e. The van der Waals surface area contributed by atoms with Gasteiger partial charge in [0, 0.05) is 50.3 Å². The third-order valence-corrected chi connectivity index (χ3v) is 9.86. The molecule has 5 aliphatic rings. The van der Waals surface area contributed by atoms with Crippen LogP contribution in [0.4, 0.5) is 0 Å². The van der Waals surface area contributed by atoms with E-state index in [1.54, 1.807) is 12.1 Å². The summed E-state index contributed by atoms with van der Waals surface area (Å²) in [5.74, 6) is 2.93. The van der Waals surface area contributed by atoms with Crippen molar-refractivity contribution in [2.45, 2.75) is 58.1 Å². The summed E-state index contributed by atoms with van der Waals surface area (Å²) in [5.41, 5.74) is 8.06. The summed E-state index contributed by atoms with van der Waals surface area (Å²) in [7, 11) is 0. The number of nitrogens with two attached hydrogens (primary N) is 1. The van der Waals surface area contributed by atoms with E-state index >= 15 is 0 Å². The molecule has 0 atom stereocenters. The Morgan fingerprint density at radius 2 is 1.51 bits per heavy atom. The first kappa shape index (κ1) is 27.8. The van der Waals surface area contributed by atoms with Crippen LogP contribution in [0.3, 0.4) is 0 Å². The Hall–Kier alpha value is -3.39. The lowest BCUT2D eigenvalue weighted by Crippen LogP contribution is -2.51. The van der Waals surface area contributed by atoms with Crippen molar-refractivity contribution in [1.29, 1.82) is 0 Å². The van der Waals surface area contributed by atoms with E-state index in [9.17, 15) is 14.4 Å². The second-order valence-electron chi connectivity index (χ2n) is 13.0. The summed E-state index contributed by atoms with van der Waals surface area (Å²) in [4.78, 5) is 41.3. The Morgan fingerprint density at radius 1 is 0.878 bits per heavy atom. The quantitative estimate of drug-likeness (QED) is 0.462. The van der Waals surface area contributed by atoms with Crippen molar-refractivity contribution in [3.8, 4) is 5.75 Å². The lowest BCUT2D eigenvalue weighted by Gasteiger charge is -2.56. The minimum absolute atomic E-state index is 0.00889. The Kier molecular flexibility index (Phi) is 8.02. The van der Waals surface area contributed by atoms with E-state index in [2.05, 4.69) is 16.3 Å². The number of para-hydroxylation sites is 1. The summed E-state index contributed by atoms with van der Waals surface area (Å²) < 4.78 is 6.12. The van der Waals surface area contributed by atoms with Crippen LogP contribution in [0.15, 0.2) is 48.5 Å². The zero-order valence-corrected chi connectivity index (χ0v) is 23.9. The molecule has 7 rings (SSSR count). The van der Waals surface area contributed by atoms with Crippen molar-refractivity contribution in [3.05, 3.63) is 65.2 Å². The highest BCUT2D eigenvalue weighted by molar-refractivity contribution is 5.92. The number of nitrogens with one attached hydrogen (secondary N) is 1. The van der Waals surface area contributed by atoms with E-state index in [0.717, 1.165) is 54.3 Å². The smallest absolute Gasteiger partial charge is 0.248 e. The van der Waals surface area contributed by atoms with Crippen LogP contribution in [0, 0.1) is 23.2 Å². The van der Waals surface area contributed by atoms with Gasteiger partial charge in [0.2, 0.25) is 17.7 Å². The van der Waals surface area contributed by atoms with Crippen LogP contribution in [-0.4, -0.2) is 60.2 Å². The molecule has 0 radical (unpaired) electrons. The number of hydrogen-bond donors (Lipinski definition) is 2. The molecule has 4 aliphatic carbocycles. The van der Waals surface area contributed by atoms with E-state index in [4.69, 9.17) is 10.5 Å². The maximum absolute atomic E-state index is 12.9. The summed E-state index contributed by atoms with van der Waals surface area (Å²) >= 11 is 0. The number of piperazine rings is 1. The number of hydrogen-bond acceptors (Lipinski definition) is 5. The molecule has 0 aromatic heterocycles. The van der Waals surface area contributed by atoms with Crippen molar-refractivity contribution in [2.24, 2.45) is 28.9 Å². The molecule has 4 bridgehead atoms.